The van der Waals surface area contributed by atoms with Crippen LogP contribution in [-0.2, 0) is 0 Å². The molecular formula is C9H7ClF2O. The van der Waals surface area contributed by atoms with Crippen molar-refractivity contribution in [2.75, 3.05) is 0 Å². The van der Waals surface area contributed by atoms with Gasteiger partial charge in [0, 0.05) is 6.07 Å². The van der Waals surface area contributed by atoms with Gasteiger partial charge in [0.15, 0.2) is 5.78 Å². The molecule has 0 unspecified atom stereocenters. The number of Topliss-reactive ketones (excluding diaryl/α,β-unsaturated/α-hetero) is 1. The van der Waals surface area contributed by atoms with Crippen molar-refractivity contribution in [2.24, 2.45) is 0 Å². The summed E-state index contributed by atoms with van der Waals surface area (Å²) in [7, 11) is 0. The molecule has 0 bridgehead atoms. The predicted octanol–water partition coefficient (Wildman–Crippen LogP) is 2.77. The van der Waals surface area contributed by atoms with Gasteiger partial charge >= 0.3 is 0 Å². The van der Waals surface area contributed by atoms with Crippen LogP contribution in [0.3, 0.4) is 0 Å². The van der Waals surface area contributed by atoms with E-state index in [-0.39, 0.29) is 5.56 Å². The smallest absolute Gasteiger partial charge is 0.183 e. The van der Waals surface area contributed by atoms with Crippen molar-refractivity contribution in [1.29, 1.82) is 0 Å². The predicted molar refractivity (Wildman–Crippen MR) is 46.0 cm³/mol. The molecule has 4 heteroatoms. The lowest BCUT2D eigenvalue weighted by atomic mass is 10.1. The van der Waals surface area contributed by atoms with E-state index in [0.29, 0.717) is 6.07 Å². The highest BCUT2D eigenvalue weighted by molar-refractivity contribution is 6.33. The molecule has 70 valence electrons. The van der Waals surface area contributed by atoms with Crippen LogP contribution in [0.4, 0.5) is 8.78 Å². The third-order valence-corrected chi connectivity index (χ3v) is 1.76. The number of alkyl halides is 1. The van der Waals surface area contributed by atoms with Gasteiger partial charge in [-0.15, -0.1) is 11.6 Å². The summed E-state index contributed by atoms with van der Waals surface area (Å²) in [6.07, 6.45) is 0. The van der Waals surface area contributed by atoms with E-state index < -0.39 is 22.8 Å². The maximum atomic E-state index is 12.9. The van der Waals surface area contributed by atoms with Gasteiger partial charge in [-0.2, -0.15) is 0 Å². The number of halogens is 3. The molecule has 0 aliphatic carbocycles. The van der Waals surface area contributed by atoms with Gasteiger partial charge in [0.2, 0.25) is 0 Å². The number of hydrogen-bond acceptors (Lipinski definition) is 1. The largest absolute Gasteiger partial charge is 0.292 e. The molecule has 0 aromatic heterocycles. The first kappa shape index (κ1) is 10.1. The molecule has 13 heavy (non-hydrogen) atoms. The van der Waals surface area contributed by atoms with Crippen LogP contribution in [0.2, 0.25) is 0 Å². The van der Waals surface area contributed by atoms with Crippen LogP contribution in [0.15, 0.2) is 18.2 Å². The molecule has 1 aromatic carbocycles. The van der Waals surface area contributed by atoms with Crippen LogP contribution in [0.1, 0.15) is 17.3 Å². The third-order valence-electron chi connectivity index (χ3n) is 1.56. The van der Waals surface area contributed by atoms with Crippen molar-refractivity contribution in [3.63, 3.8) is 0 Å². The summed E-state index contributed by atoms with van der Waals surface area (Å²) in [5.41, 5.74) is -0.177. The molecule has 0 radical (unpaired) electrons. The fourth-order valence-corrected chi connectivity index (χ4v) is 1.02. The van der Waals surface area contributed by atoms with E-state index in [2.05, 4.69) is 0 Å². The van der Waals surface area contributed by atoms with Crippen LogP contribution in [-0.4, -0.2) is 11.2 Å². The molecule has 0 saturated carbocycles. The van der Waals surface area contributed by atoms with Crippen molar-refractivity contribution in [2.45, 2.75) is 12.3 Å². The molecule has 0 saturated heterocycles. The molecule has 0 amide bonds. The molecule has 1 nitrogen and oxygen atoms in total. The lowest BCUT2D eigenvalue weighted by Gasteiger charge is -2.03. The highest BCUT2D eigenvalue weighted by Crippen LogP contribution is 2.13. The Labute approximate surface area is 79.3 Å². The first-order valence-corrected chi connectivity index (χ1v) is 4.09. The van der Waals surface area contributed by atoms with E-state index in [1.165, 1.54) is 6.92 Å². The monoisotopic (exact) mass is 204 g/mol. The van der Waals surface area contributed by atoms with Gasteiger partial charge in [-0.05, 0) is 19.1 Å². The Bertz CT molecular complexity index is 336. The van der Waals surface area contributed by atoms with E-state index in [4.69, 9.17) is 11.6 Å². The van der Waals surface area contributed by atoms with Crippen LogP contribution < -0.4 is 0 Å². The summed E-state index contributed by atoms with van der Waals surface area (Å²) in [6, 6.07) is 2.77. The summed E-state index contributed by atoms with van der Waals surface area (Å²) >= 11 is 5.46. The molecule has 1 atom stereocenters. The molecule has 0 N–H and O–H groups in total. The minimum absolute atomic E-state index is 0.177. The standard InChI is InChI=1S/C9H7ClF2O/c1-5(10)9(13)7-3-2-6(11)4-8(7)12/h2-5H,1H3/t5-/m1/s1. The maximum Gasteiger partial charge on any atom is 0.183 e. The van der Waals surface area contributed by atoms with Crippen LogP contribution in [0.5, 0.6) is 0 Å². The van der Waals surface area contributed by atoms with Crippen molar-refractivity contribution in [3.8, 4) is 0 Å². The first-order chi connectivity index (χ1) is 6.02. The van der Waals surface area contributed by atoms with Gasteiger partial charge in [-0.1, -0.05) is 0 Å². The maximum absolute atomic E-state index is 12.9. The Morgan fingerprint density at radius 2 is 2.08 bits per heavy atom. The zero-order valence-corrected chi connectivity index (χ0v) is 7.61. The van der Waals surface area contributed by atoms with Gasteiger partial charge in [0.05, 0.1) is 10.9 Å². The van der Waals surface area contributed by atoms with Gasteiger partial charge < -0.3 is 0 Å². The Morgan fingerprint density at radius 1 is 1.46 bits per heavy atom. The van der Waals surface area contributed by atoms with Crippen LogP contribution >= 0.6 is 11.6 Å². The van der Waals surface area contributed by atoms with E-state index in [9.17, 15) is 13.6 Å². The quantitative estimate of drug-likeness (QED) is 0.535. The minimum atomic E-state index is -0.877. The van der Waals surface area contributed by atoms with E-state index in [1.54, 1.807) is 0 Å². The van der Waals surface area contributed by atoms with E-state index >= 15 is 0 Å². The van der Waals surface area contributed by atoms with E-state index in [0.717, 1.165) is 12.1 Å². The van der Waals surface area contributed by atoms with Gasteiger partial charge in [0.25, 0.3) is 0 Å². The number of carbonyl (C=O) groups is 1. The lowest BCUT2D eigenvalue weighted by Crippen LogP contribution is -2.12. The summed E-state index contributed by atoms with van der Waals surface area (Å²) in [5, 5.41) is -0.806. The third kappa shape index (κ3) is 2.25. The molecule has 1 aromatic rings. The Kier molecular flexibility index (Phi) is 2.98. The Balaban J connectivity index is 3.09. The topological polar surface area (TPSA) is 17.1 Å². The molecule has 0 spiro atoms. The number of carbonyl (C=O) groups excluding carboxylic acids is 1. The zero-order chi connectivity index (χ0) is 10.0. The number of ketones is 1. The normalized spacial score (nSPS) is 12.6. The second-order valence-electron chi connectivity index (χ2n) is 2.60. The summed E-state index contributed by atoms with van der Waals surface area (Å²) in [5.74, 6) is -2.13. The number of rotatable bonds is 2. The fourth-order valence-electron chi connectivity index (χ4n) is 0.904. The Hall–Kier alpha value is -0.960. The van der Waals surface area contributed by atoms with Gasteiger partial charge in [0.1, 0.15) is 11.6 Å². The second kappa shape index (κ2) is 3.83. The molecule has 0 fully saturated rings. The first-order valence-electron chi connectivity index (χ1n) is 3.65. The molecule has 0 aliphatic heterocycles. The Morgan fingerprint density at radius 3 is 2.54 bits per heavy atom. The lowest BCUT2D eigenvalue weighted by molar-refractivity contribution is 0.0988. The molecule has 0 aliphatic rings. The highest BCUT2D eigenvalue weighted by atomic mass is 35.5. The average molecular weight is 205 g/mol. The average Bonchev–Trinajstić information content (AvgIpc) is 2.03. The van der Waals surface area contributed by atoms with Gasteiger partial charge in [-0.25, -0.2) is 8.78 Å². The summed E-state index contributed by atoms with van der Waals surface area (Å²) in [6.45, 7) is 1.44. The van der Waals surface area contributed by atoms with Crippen molar-refractivity contribution >= 4 is 17.4 Å². The number of benzene rings is 1. The van der Waals surface area contributed by atoms with Crippen molar-refractivity contribution in [3.05, 3.63) is 35.4 Å². The molecular weight excluding hydrogens is 198 g/mol. The minimum Gasteiger partial charge on any atom is -0.292 e. The number of hydrogen-bond donors (Lipinski definition) is 0. The summed E-state index contributed by atoms with van der Waals surface area (Å²) in [4.78, 5) is 11.2. The SMILES string of the molecule is C[C@@H](Cl)C(=O)c1ccc(F)cc1F. The summed E-state index contributed by atoms with van der Waals surface area (Å²) < 4.78 is 25.4. The van der Waals surface area contributed by atoms with Crippen LogP contribution in [0, 0.1) is 11.6 Å². The van der Waals surface area contributed by atoms with Gasteiger partial charge in [-0.3, -0.25) is 4.79 Å². The second-order valence-corrected chi connectivity index (χ2v) is 3.26. The highest BCUT2D eigenvalue weighted by Gasteiger charge is 2.16. The molecule has 0 heterocycles. The van der Waals surface area contributed by atoms with E-state index in [1.807, 2.05) is 0 Å². The zero-order valence-electron chi connectivity index (χ0n) is 6.85. The van der Waals surface area contributed by atoms with Crippen molar-refractivity contribution in [1.82, 2.24) is 0 Å². The molecule has 1 rings (SSSR count). The van der Waals surface area contributed by atoms with Crippen LogP contribution in [0.25, 0.3) is 0 Å². The fraction of sp³-hybridized carbons (Fsp3) is 0.222. The van der Waals surface area contributed by atoms with Crippen molar-refractivity contribution < 1.29 is 13.6 Å².